The van der Waals surface area contributed by atoms with Crippen molar-refractivity contribution in [3.05, 3.63) is 35.4 Å². The smallest absolute Gasteiger partial charge is 0.0681 e. The second-order valence-corrected chi connectivity index (χ2v) is 7.31. The zero-order chi connectivity index (χ0) is 14.4. The Labute approximate surface area is 127 Å². The van der Waals surface area contributed by atoms with Crippen LogP contribution in [0, 0.1) is 0 Å². The van der Waals surface area contributed by atoms with Gasteiger partial charge in [-0.15, -0.1) is 0 Å². The van der Waals surface area contributed by atoms with Crippen LogP contribution in [0.2, 0.25) is 0 Å². The van der Waals surface area contributed by atoms with E-state index in [9.17, 15) is 5.11 Å². The van der Waals surface area contributed by atoms with Crippen LogP contribution in [0.25, 0.3) is 0 Å². The van der Waals surface area contributed by atoms with Gasteiger partial charge in [-0.05, 0) is 43.1 Å². The maximum Gasteiger partial charge on any atom is 0.0681 e. The fraction of sp³-hybridized carbons (Fsp3) is 0.647. The highest BCUT2D eigenvalue weighted by atomic mass is 32.2. The summed E-state index contributed by atoms with van der Waals surface area (Å²) < 4.78 is 0. The SMILES string of the molecule is CCSC1CCCC(NC(C)c2cccc(CO)c2)C1. The summed E-state index contributed by atoms with van der Waals surface area (Å²) in [6, 6.07) is 9.27. The summed E-state index contributed by atoms with van der Waals surface area (Å²) in [6.07, 6.45) is 5.32. The maximum atomic E-state index is 9.24. The van der Waals surface area contributed by atoms with Gasteiger partial charge in [-0.3, -0.25) is 0 Å². The van der Waals surface area contributed by atoms with Gasteiger partial charge in [0.1, 0.15) is 0 Å². The summed E-state index contributed by atoms with van der Waals surface area (Å²) in [5, 5.41) is 13.9. The first-order valence-corrected chi connectivity index (χ1v) is 8.85. The second-order valence-electron chi connectivity index (χ2n) is 5.73. The van der Waals surface area contributed by atoms with Gasteiger partial charge in [-0.25, -0.2) is 0 Å². The predicted molar refractivity (Wildman–Crippen MR) is 88.1 cm³/mol. The van der Waals surface area contributed by atoms with Gasteiger partial charge in [-0.2, -0.15) is 11.8 Å². The van der Waals surface area contributed by atoms with Crippen molar-refractivity contribution < 1.29 is 5.11 Å². The lowest BCUT2D eigenvalue weighted by Crippen LogP contribution is -2.36. The third-order valence-electron chi connectivity index (χ3n) is 4.15. The van der Waals surface area contributed by atoms with Crippen LogP contribution in [0.5, 0.6) is 0 Å². The average molecular weight is 293 g/mol. The van der Waals surface area contributed by atoms with Gasteiger partial charge in [0.05, 0.1) is 6.61 Å². The summed E-state index contributed by atoms with van der Waals surface area (Å²) in [5.41, 5.74) is 2.28. The highest BCUT2D eigenvalue weighted by Gasteiger charge is 2.23. The molecule has 3 heteroatoms. The molecule has 1 aliphatic carbocycles. The van der Waals surface area contributed by atoms with E-state index in [-0.39, 0.29) is 6.61 Å². The molecule has 1 aliphatic rings. The molecule has 3 unspecified atom stereocenters. The van der Waals surface area contributed by atoms with Crippen LogP contribution in [-0.4, -0.2) is 22.2 Å². The van der Waals surface area contributed by atoms with Crippen LogP contribution in [0.15, 0.2) is 24.3 Å². The van der Waals surface area contributed by atoms with Crippen molar-refractivity contribution in [3.63, 3.8) is 0 Å². The molecule has 20 heavy (non-hydrogen) atoms. The number of hydrogen-bond donors (Lipinski definition) is 2. The number of nitrogens with one attached hydrogen (secondary N) is 1. The molecule has 0 heterocycles. The van der Waals surface area contributed by atoms with Crippen LogP contribution in [0.3, 0.4) is 0 Å². The molecule has 2 rings (SSSR count). The van der Waals surface area contributed by atoms with Gasteiger partial charge in [0.2, 0.25) is 0 Å². The molecular weight excluding hydrogens is 266 g/mol. The molecule has 0 amide bonds. The molecule has 2 nitrogen and oxygen atoms in total. The predicted octanol–water partition coefficient (Wildman–Crippen LogP) is 3.89. The molecular formula is C17H27NOS. The fourth-order valence-corrected chi connectivity index (χ4v) is 4.27. The monoisotopic (exact) mass is 293 g/mol. The number of thioether (sulfide) groups is 1. The van der Waals surface area contributed by atoms with Crippen molar-refractivity contribution in [1.82, 2.24) is 5.32 Å². The van der Waals surface area contributed by atoms with E-state index in [2.05, 4.69) is 43.1 Å². The van der Waals surface area contributed by atoms with E-state index >= 15 is 0 Å². The lowest BCUT2D eigenvalue weighted by atomic mass is 9.93. The second kappa shape index (κ2) is 8.06. The zero-order valence-corrected chi connectivity index (χ0v) is 13.5. The van der Waals surface area contributed by atoms with Crippen molar-refractivity contribution in [3.8, 4) is 0 Å². The summed E-state index contributed by atoms with van der Waals surface area (Å²) in [6.45, 7) is 4.61. The summed E-state index contributed by atoms with van der Waals surface area (Å²) >= 11 is 2.11. The van der Waals surface area contributed by atoms with E-state index in [4.69, 9.17) is 0 Å². The molecule has 2 N–H and O–H groups in total. The number of rotatable bonds is 6. The Hall–Kier alpha value is -0.510. The normalized spacial score (nSPS) is 24.6. The molecule has 1 fully saturated rings. The Morgan fingerprint density at radius 3 is 3.00 bits per heavy atom. The van der Waals surface area contributed by atoms with Gasteiger partial charge in [0.15, 0.2) is 0 Å². The van der Waals surface area contributed by atoms with E-state index in [1.165, 1.54) is 37.0 Å². The number of aliphatic hydroxyl groups excluding tert-OH is 1. The molecule has 112 valence electrons. The zero-order valence-electron chi connectivity index (χ0n) is 12.6. The van der Waals surface area contributed by atoms with Crippen molar-refractivity contribution in [2.75, 3.05) is 5.75 Å². The van der Waals surface area contributed by atoms with Gasteiger partial charge in [0.25, 0.3) is 0 Å². The summed E-state index contributed by atoms with van der Waals surface area (Å²) in [4.78, 5) is 0. The minimum Gasteiger partial charge on any atom is -0.392 e. The molecule has 1 saturated carbocycles. The number of aliphatic hydroxyl groups is 1. The van der Waals surface area contributed by atoms with Crippen LogP contribution in [0.1, 0.15) is 56.7 Å². The van der Waals surface area contributed by atoms with E-state index in [0.29, 0.717) is 12.1 Å². The topological polar surface area (TPSA) is 32.3 Å². The lowest BCUT2D eigenvalue weighted by Gasteiger charge is -2.31. The summed E-state index contributed by atoms with van der Waals surface area (Å²) in [5.74, 6) is 1.23. The lowest BCUT2D eigenvalue weighted by molar-refractivity contribution is 0.281. The van der Waals surface area contributed by atoms with Crippen LogP contribution < -0.4 is 5.32 Å². The fourth-order valence-electron chi connectivity index (χ4n) is 3.09. The van der Waals surface area contributed by atoms with Crippen molar-refractivity contribution in [1.29, 1.82) is 0 Å². The first kappa shape index (κ1) is 15.9. The minimum absolute atomic E-state index is 0.124. The minimum atomic E-state index is 0.124. The van der Waals surface area contributed by atoms with Crippen molar-refractivity contribution >= 4 is 11.8 Å². The molecule has 0 aromatic heterocycles. The number of hydrogen-bond acceptors (Lipinski definition) is 3. The van der Waals surface area contributed by atoms with Gasteiger partial charge < -0.3 is 10.4 Å². The molecule has 0 bridgehead atoms. The Morgan fingerprint density at radius 2 is 2.25 bits per heavy atom. The Kier molecular flexibility index (Phi) is 6.40. The Balaban J connectivity index is 1.91. The van der Waals surface area contributed by atoms with Crippen LogP contribution in [-0.2, 0) is 6.61 Å². The molecule has 0 radical (unpaired) electrons. The van der Waals surface area contributed by atoms with E-state index in [0.717, 1.165) is 10.8 Å². The van der Waals surface area contributed by atoms with E-state index in [1.807, 2.05) is 12.1 Å². The standard InChI is InChI=1S/C17H27NOS/c1-3-20-17-9-5-8-16(11-17)18-13(2)15-7-4-6-14(10-15)12-19/h4,6-7,10,13,16-19H,3,5,8-9,11-12H2,1-2H3. The van der Waals surface area contributed by atoms with Crippen LogP contribution >= 0.6 is 11.8 Å². The average Bonchev–Trinajstić information content (AvgIpc) is 2.48. The molecule has 0 saturated heterocycles. The largest absolute Gasteiger partial charge is 0.392 e. The molecule has 0 aliphatic heterocycles. The number of benzene rings is 1. The quantitative estimate of drug-likeness (QED) is 0.834. The van der Waals surface area contributed by atoms with Crippen LogP contribution in [0.4, 0.5) is 0 Å². The molecule has 3 atom stereocenters. The first-order chi connectivity index (χ1) is 9.72. The van der Waals surface area contributed by atoms with Gasteiger partial charge in [0, 0.05) is 17.3 Å². The van der Waals surface area contributed by atoms with Crippen molar-refractivity contribution in [2.24, 2.45) is 0 Å². The Bertz CT molecular complexity index is 408. The molecule has 1 aromatic rings. The Morgan fingerprint density at radius 1 is 1.40 bits per heavy atom. The maximum absolute atomic E-state index is 9.24. The molecule has 1 aromatic carbocycles. The highest BCUT2D eigenvalue weighted by Crippen LogP contribution is 2.29. The van der Waals surface area contributed by atoms with E-state index < -0.39 is 0 Å². The first-order valence-electron chi connectivity index (χ1n) is 7.80. The third kappa shape index (κ3) is 4.51. The van der Waals surface area contributed by atoms with Crippen molar-refractivity contribution in [2.45, 2.75) is 63.5 Å². The highest BCUT2D eigenvalue weighted by molar-refractivity contribution is 7.99. The summed E-state index contributed by atoms with van der Waals surface area (Å²) in [7, 11) is 0. The van der Waals surface area contributed by atoms with Gasteiger partial charge in [-0.1, -0.05) is 37.6 Å². The van der Waals surface area contributed by atoms with Gasteiger partial charge >= 0.3 is 0 Å². The molecule has 0 spiro atoms. The third-order valence-corrected chi connectivity index (χ3v) is 5.38. The van der Waals surface area contributed by atoms with E-state index in [1.54, 1.807) is 0 Å².